The number of aromatic nitrogens is 1. The van der Waals surface area contributed by atoms with E-state index in [-0.39, 0.29) is 6.10 Å². The number of nitrogens with zero attached hydrogens (tertiary/aromatic N) is 1. The lowest BCUT2D eigenvalue weighted by Gasteiger charge is -2.31. The number of pyridine rings is 1. The van der Waals surface area contributed by atoms with Crippen LogP contribution in [-0.2, 0) is 0 Å². The van der Waals surface area contributed by atoms with Gasteiger partial charge in [-0.3, -0.25) is 4.79 Å². The molecular formula is C15H23N3O2. The standard InChI is InChI=1S/C15H23N3O2/c1-9-7-10(2)18-15(13(9)14(17)19)20-12-6-4-3-5-11(12)8-16/h7,11-12H,3-6,8,16H2,1-2H3,(H2,17,19). The van der Waals surface area contributed by atoms with Crippen molar-refractivity contribution in [2.45, 2.75) is 45.6 Å². The van der Waals surface area contributed by atoms with Gasteiger partial charge in [0, 0.05) is 11.6 Å². The Kier molecular flexibility index (Phi) is 4.60. The Balaban J connectivity index is 2.30. The molecule has 1 saturated carbocycles. The molecule has 5 heteroatoms. The minimum Gasteiger partial charge on any atom is -0.473 e. The Morgan fingerprint density at radius 2 is 2.10 bits per heavy atom. The summed E-state index contributed by atoms with van der Waals surface area (Å²) in [5.41, 5.74) is 13.3. The van der Waals surface area contributed by atoms with Gasteiger partial charge in [-0.05, 0) is 51.3 Å². The van der Waals surface area contributed by atoms with Crippen LogP contribution in [0.2, 0.25) is 0 Å². The predicted octanol–water partition coefficient (Wildman–Crippen LogP) is 1.69. The number of hydrogen-bond donors (Lipinski definition) is 2. The van der Waals surface area contributed by atoms with Crippen molar-refractivity contribution in [2.24, 2.45) is 17.4 Å². The van der Waals surface area contributed by atoms with Crippen molar-refractivity contribution in [3.8, 4) is 5.88 Å². The maximum atomic E-state index is 11.6. The minimum atomic E-state index is -0.495. The van der Waals surface area contributed by atoms with Gasteiger partial charge in [0.1, 0.15) is 11.7 Å². The number of carbonyl (C=O) groups excluding carboxylic acids is 1. The van der Waals surface area contributed by atoms with E-state index in [9.17, 15) is 4.79 Å². The predicted molar refractivity (Wildman–Crippen MR) is 77.7 cm³/mol. The molecule has 2 atom stereocenters. The molecule has 1 fully saturated rings. The fourth-order valence-corrected chi connectivity index (χ4v) is 2.93. The highest BCUT2D eigenvalue weighted by Crippen LogP contribution is 2.29. The summed E-state index contributed by atoms with van der Waals surface area (Å²) in [7, 11) is 0. The summed E-state index contributed by atoms with van der Waals surface area (Å²) in [6, 6.07) is 1.84. The zero-order valence-corrected chi connectivity index (χ0v) is 12.2. The number of aryl methyl sites for hydroxylation is 2. The molecule has 2 unspecified atom stereocenters. The van der Waals surface area contributed by atoms with Crippen LogP contribution in [0.4, 0.5) is 0 Å². The average molecular weight is 277 g/mol. The molecular weight excluding hydrogens is 254 g/mol. The van der Waals surface area contributed by atoms with Crippen molar-refractivity contribution >= 4 is 5.91 Å². The first kappa shape index (κ1) is 14.8. The van der Waals surface area contributed by atoms with Crippen LogP contribution in [0.25, 0.3) is 0 Å². The van der Waals surface area contributed by atoms with Gasteiger partial charge in [-0.1, -0.05) is 6.42 Å². The first-order valence-electron chi connectivity index (χ1n) is 7.17. The molecule has 1 aromatic rings. The summed E-state index contributed by atoms with van der Waals surface area (Å²) < 4.78 is 6.02. The van der Waals surface area contributed by atoms with Crippen molar-refractivity contribution in [1.29, 1.82) is 0 Å². The zero-order chi connectivity index (χ0) is 14.7. The maximum Gasteiger partial charge on any atom is 0.254 e. The van der Waals surface area contributed by atoms with Crippen LogP contribution < -0.4 is 16.2 Å². The fourth-order valence-electron chi connectivity index (χ4n) is 2.93. The van der Waals surface area contributed by atoms with E-state index >= 15 is 0 Å². The van der Waals surface area contributed by atoms with E-state index in [1.807, 2.05) is 19.9 Å². The van der Waals surface area contributed by atoms with Crippen LogP contribution in [0.15, 0.2) is 6.07 Å². The Hall–Kier alpha value is -1.62. The molecule has 2 rings (SSSR count). The van der Waals surface area contributed by atoms with E-state index in [1.54, 1.807) is 0 Å². The highest BCUT2D eigenvalue weighted by atomic mass is 16.5. The summed E-state index contributed by atoms with van der Waals surface area (Å²) in [6.45, 7) is 4.33. The summed E-state index contributed by atoms with van der Waals surface area (Å²) in [5.74, 6) is 0.192. The summed E-state index contributed by atoms with van der Waals surface area (Å²) >= 11 is 0. The van der Waals surface area contributed by atoms with Crippen LogP contribution in [0.3, 0.4) is 0 Å². The van der Waals surface area contributed by atoms with Crippen LogP contribution in [0.1, 0.15) is 47.3 Å². The second kappa shape index (κ2) is 6.22. The Morgan fingerprint density at radius 1 is 1.40 bits per heavy atom. The molecule has 110 valence electrons. The number of nitrogens with two attached hydrogens (primary N) is 2. The van der Waals surface area contributed by atoms with Gasteiger partial charge in [-0.2, -0.15) is 0 Å². The second-order valence-electron chi connectivity index (χ2n) is 5.56. The van der Waals surface area contributed by atoms with Crippen LogP contribution in [0.5, 0.6) is 5.88 Å². The van der Waals surface area contributed by atoms with Crippen LogP contribution >= 0.6 is 0 Å². The Bertz CT molecular complexity index is 502. The highest BCUT2D eigenvalue weighted by Gasteiger charge is 2.28. The highest BCUT2D eigenvalue weighted by molar-refractivity contribution is 5.96. The maximum absolute atomic E-state index is 11.6. The summed E-state index contributed by atoms with van der Waals surface area (Å²) in [5, 5.41) is 0. The van der Waals surface area contributed by atoms with Crippen molar-refractivity contribution in [1.82, 2.24) is 4.98 Å². The van der Waals surface area contributed by atoms with Gasteiger partial charge in [-0.25, -0.2) is 4.98 Å². The van der Waals surface area contributed by atoms with Crippen molar-refractivity contribution < 1.29 is 9.53 Å². The molecule has 1 aliphatic carbocycles. The molecule has 1 aliphatic rings. The second-order valence-corrected chi connectivity index (χ2v) is 5.56. The first-order chi connectivity index (χ1) is 9.52. The quantitative estimate of drug-likeness (QED) is 0.876. The van der Waals surface area contributed by atoms with Gasteiger partial charge in [0.05, 0.1) is 0 Å². The van der Waals surface area contributed by atoms with Crippen LogP contribution in [0, 0.1) is 19.8 Å². The number of carbonyl (C=O) groups is 1. The Morgan fingerprint density at radius 3 is 2.75 bits per heavy atom. The van der Waals surface area contributed by atoms with E-state index in [0.29, 0.717) is 23.9 Å². The van der Waals surface area contributed by atoms with Gasteiger partial charge in [-0.15, -0.1) is 0 Å². The molecule has 0 spiro atoms. The minimum absolute atomic E-state index is 0.0283. The van der Waals surface area contributed by atoms with Gasteiger partial charge in [0.2, 0.25) is 5.88 Å². The van der Waals surface area contributed by atoms with Crippen molar-refractivity contribution in [3.05, 3.63) is 22.9 Å². The lowest BCUT2D eigenvalue weighted by molar-refractivity contribution is 0.0870. The van der Waals surface area contributed by atoms with Crippen molar-refractivity contribution in [3.63, 3.8) is 0 Å². The molecule has 0 radical (unpaired) electrons. The van der Waals surface area contributed by atoms with Crippen molar-refractivity contribution in [2.75, 3.05) is 6.54 Å². The van der Waals surface area contributed by atoms with E-state index in [0.717, 1.165) is 30.5 Å². The normalized spacial score (nSPS) is 22.6. The summed E-state index contributed by atoms with van der Waals surface area (Å²) in [6.07, 6.45) is 4.36. The third-order valence-corrected chi connectivity index (χ3v) is 3.96. The molecule has 0 bridgehead atoms. The van der Waals surface area contributed by atoms with E-state index in [1.165, 1.54) is 6.42 Å². The molecule has 1 heterocycles. The molecule has 0 saturated heterocycles. The molecule has 4 N–H and O–H groups in total. The van der Waals surface area contributed by atoms with E-state index < -0.39 is 5.91 Å². The summed E-state index contributed by atoms with van der Waals surface area (Å²) in [4.78, 5) is 16.0. The number of amides is 1. The molecule has 20 heavy (non-hydrogen) atoms. The van der Waals surface area contributed by atoms with E-state index in [4.69, 9.17) is 16.2 Å². The number of hydrogen-bond acceptors (Lipinski definition) is 4. The molecule has 5 nitrogen and oxygen atoms in total. The lowest BCUT2D eigenvalue weighted by atomic mass is 9.86. The number of rotatable bonds is 4. The molecule has 1 aromatic heterocycles. The SMILES string of the molecule is Cc1cc(C)c(C(N)=O)c(OC2CCCCC2CN)n1. The van der Waals surface area contributed by atoms with E-state index in [2.05, 4.69) is 4.98 Å². The monoisotopic (exact) mass is 277 g/mol. The zero-order valence-electron chi connectivity index (χ0n) is 12.2. The average Bonchev–Trinajstić information content (AvgIpc) is 2.38. The lowest BCUT2D eigenvalue weighted by Crippen LogP contribution is -2.36. The van der Waals surface area contributed by atoms with Gasteiger partial charge in [0.15, 0.2) is 0 Å². The van der Waals surface area contributed by atoms with Gasteiger partial charge < -0.3 is 16.2 Å². The van der Waals surface area contributed by atoms with Crippen LogP contribution in [-0.4, -0.2) is 23.5 Å². The Labute approximate surface area is 119 Å². The molecule has 0 aromatic carbocycles. The fraction of sp³-hybridized carbons (Fsp3) is 0.600. The largest absolute Gasteiger partial charge is 0.473 e. The topological polar surface area (TPSA) is 91.2 Å². The molecule has 1 amide bonds. The smallest absolute Gasteiger partial charge is 0.254 e. The molecule has 0 aliphatic heterocycles. The van der Waals surface area contributed by atoms with Gasteiger partial charge in [0.25, 0.3) is 5.91 Å². The first-order valence-corrected chi connectivity index (χ1v) is 7.17. The number of primary amides is 1. The third kappa shape index (κ3) is 3.10. The van der Waals surface area contributed by atoms with Gasteiger partial charge >= 0.3 is 0 Å². The third-order valence-electron chi connectivity index (χ3n) is 3.96. The number of ether oxygens (including phenoxy) is 1.